The molecule has 9 heteroatoms. The molecule has 0 bridgehead atoms. The normalized spacial score (nSPS) is 17.5. The average Bonchev–Trinajstić information content (AvgIpc) is 3.57. The number of nitrogens with zero attached hydrogens (tertiary/aromatic N) is 7. The second kappa shape index (κ2) is 8.98. The minimum Gasteiger partial charge on any atom is -0.350 e. The molecule has 1 saturated heterocycles. The molecule has 176 valence electrons. The highest BCUT2D eigenvalue weighted by Gasteiger charge is 2.34. The molecule has 2 aliphatic rings. The van der Waals surface area contributed by atoms with Crippen LogP contribution in [0.25, 0.3) is 11.5 Å². The van der Waals surface area contributed by atoms with E-state index in [0.717, 1.165) is 55.3 Å². The van der Waals surface area contributed by atoms with Crippen LogP contribution in [-0.2, 0) is 19.6 Å². The van der Waals surface area contributed by atoms with Gasteiger partial charge >= 0.3 is 0 Å². The van der Waals surface area contributed by atoms with Gasteiger partial charge < -0.3 is 15.2 Å². The molecule has 9 nitrogen and oxygen atoms in total. The number of amides is 1. The number of rotatable bonds is 7. The lowest BCUT2D eigenvalue weighted by Crippen LogP contribution is -2.29. The SMILES string of the molecule is C=C[C@H]1CCCN1c1cc2c(c(CN)n1)CN(c1cccc(-c3nnc(C)n3CCC)n1)C2=O. The summed E-state index contributed by atoms with van der Waals surface area (Å²) in [4.78, 5) is 27.1. The molecule has 1 atom stereocenters. The van der Waals surface area contributed by atoms with E-state index in [1.165, 1.54) is 0 Å². The lowest BCUT2D eigenvalue weighted by atomic mass is 10.1. The molecule has 1 fully saturated rings. The lowest BCUT2D eigenvalue weighted by Gasteiger charge is -2.24. The zero-order chi connectivity index (χ0) is 23.8. The third kappa shape index (κ3) is 3.66. The molecule has 0 saturated carbocycles. The smallest absolute Gasteiger partial charge is 0.260 e. The summed E-state index contributed by atoms with van der Waals surface area (Å²) in [6.07, 6.45) is 5.03. The standard InChI is InChI=1S/C25H30N8O/c1-4-11-31-16(3)29-30-24(31)20-9-6-10-22(27-20)33-15-19-18(25(33)34)13-23(28-21(19)14-26)32-12-7-8-17(32)5-2/h5-6,9-10,13,17H,2,4,7-8,11-12,14-15,26H2,1,3H3/t17-/m0/s1. The van der Waals surface area contributed by atoms with Crippen LogP contribution in [0, 0.1) is 6.92 Å². The number of nitrogens with two attached hydrogens (primary N) is 1. The number of carbonyl (C=O) groups excluding carboxylic acids is 1. The van der Waals surface area contributed by atoms with Crippen LogP contribution in [-0.4, -0.2) is 43.2 Å². The predicted molar refractivity (Wildman–Crippen MR) is 131 cm³/mol. The Hall–Kier alpha value is -3.59. The molecule has 0 aliphatic carbocycles. The maximum Gasteiger partial charge on any atom is 0.260 e. The highest BCUT2D eigenvalue weighted by Crippen LogP contribution is 2.34. The molecule has 0 unspecified atom stereocenters. The molecule has 2 N–H and O–H groups in total. The van der Waals surface area contributed by atoms with Crippen molar-refractivity contribution >= 4 is 17.5 Å². The summed E-state index contributed by atoms with van der Waals surface area (Å²) in [5.41, 5.74) is 9.05. The molecular weight excluding hydrogens is 428 g/mol. The van der Waals surface area contributed by atoms with Crippen molar-refractivity contribution in [2.75, 3.05) is 16.3 Å². The van der Waals surface area contributed by atoms with Gasteiger partial charge in [0.1, 0.15) is 23.2 Å². The molecule has 0 spiro atoms. The number of pyridine rings is 2. The maximum atomic E-state index is 13.6. The van der Waals surface area contributed by atoms with E-state index in [0.29, 0.717) is 29.4 Å². The predicted octanol–water partition coefficient (Wildman–Crippen LogP) is 3.23. The van der Waals surface area contributed by atoms with Gasteiger partial charge in [0.15, 0.2) is 5.82 Å². The Kier molecular flexibility index (Phi) is 5.87. The van der Waals surface area contributed by atoms with Crippen molar-refractivity contribution in [2.45, 2.75) is 58.8 Å². The van der Waals surface area contributed by atoms with Crippen LogP contribution in [0.4, 0.5) is 11.6 Å². The van der Waals surface area contributed by atoms with Crippen LogP contribution in [0.3, 0.4) is 0 Å². The van der Waals surface area contributed by atoms with Crippen LogP contribution in [0.2, 0.25) is 0 Å². The Bertz CT molecular complexity index is 1250. The fraction of sp³-hybridized carbons (Fsp3) is 0.400. The second-order valence-electron chi connectivity index (χ2n) is 8.79. The fourth-order valence-corrected chi connectivity index (χ4v) is 4.94. The van der Waals surface area contributed by atoms with Crippen molar-refractivity contribution in [3.8, 4) is 11.5 Å². The summed E-state index contributed by atoms with van der Waals surface area (Å²) in [5.74, 6) is 2.85. The Balaban J connectivity index is 1.50. The lowest BCUT2D eigenvalue weighted by molar-refractivity contribution is 0.0996. The summed E-state index contributed by atoms with van der Waals surface area (Å²) < 4.78 is 2.06. The van der Waals surface area contributed by atoms with Crippen LogP contribution in [0.5, 0.6) is 0 Å². The van der Waals surface area contributed by atoms with E-state index in [1.54, 1.807) is 4.90 Å². The van der Waals surface area contributed by atoms with E-state index < -0.39 is 0 Å². The molecule has 3 aromatic rings. The molecule has 1 amide bonds. The van der Waals surface area contributed by atoms with Gasteiger partial charge in [-0.3, -0.25) is 9.69 Å². The molecule has 0 radical (unpaired) electrons. The average molecular weight is 459 g/mol. The van der Waals surface area contributed by atoms with E-state index in [2.05, 4.69) is 33.2 Å². The molecule has 2 aliphatic heterocycles. The van der Waals surface area contributed by atoms with E-state index in [4.69, 9.17) is 15.7 Å². The van der Waals surface area contributed by atoms with Gasteiger partial charge in [-0.2, -0.15) is 0 Å². The van der Waals surface area contributed by atoms with Gasteiger partial charge in [-0.25, -0.2) is 9.97 Å². The topological polar surface area (TPSA) is 106 Å². The third-order valence-electron chi connectivity index (χ3n) is 6.67. The number of hydrogen-bond donors (Lipinski definition) is 1. The van der Waals surface area contributed by atoms with Gasteiger partial charge in [-0.15, -0.1) is 16.8 Å². The van der Waals surface area contributed by atoms with Gasteiger partial charge in [-0.1, -0.05) is 19.1 Å². The van der Waals surface area contributed by atoms with Gasteiger partial charge in [0, 0.05) is 31.2 Å². The number of hydrogen-bond acceptors (Lipinski definition) is 7. The zero-order valence-corrected chi connectivity index (χ0v) is 19.7. The molecule has 3 aromatic heterocycles. The Labute approximate surface area is 199 Å². The third-order valence-corrected chi connectivity index (χ3v) is 6.67. The van der Waals surface area contributed by atoms with E-state index in [9.17, 15) is 4.79 Å². The number of aryl methyl sites for hydroxylation is 1. The van der Waals surface area contributed by atoms with Crippen molar-refractivity contribution in [1.82, 2.24) is 24.7 Å². The number of anilines is 2. The molecule has 34 heavy (non-hydrogen) atoms. The van der Waals surface area contributed by atoms with Crippen LogP contribution in [0.15, 0.2) is 36.9 Å². The summed E-state index contributed by atoms with van der Waals surface area (Å²) in [5, 5.41) is 8.56. The first-order valence-corrected chi connectivity index (χ1v) is 11.9. The monoisotopic (exact) mass is 458 g/mol. The first-order chi connectivity index (χ1) is 16.5. The van der Waals surface area contributed by atoms with Crippen LogP contribution >= 0.6 is 0 Å². The number of aromatic nitrogens is 5. The second-order valence-corrected chi connectivity index (χ2v) is 8.79. The van der Waals surface area contributed by atoms with Crippen molar-refractivity contribution < 1.29 is 4.79 Å². The molecular formula is C25H30N8O. The number of fused-ring (bicyclic) bond motifs is 1. The van der Waals surface area contributed by atoms with E-state index in [-0.39, 0.29) is 18.5 Å². The summed E-state index contributed by atoms with van der Waals surface area (Å²) in [6.45, 7) is 10.4. The van der Waals surface area contributed by atoms with Gasteiger partial charge in [0.2, 0.25) is 0 Å². The largest absolute Gasteiger partial charge is 0.350 e. The minimum atomic E-state index is -0.0847. The Morgan fingerprint density at radius 2 is 2.09 bits per heavy atom. The number of carbonyl (C=O) groups is 1. The Morgan fingerprint density at radius 3 is 2.85 bits per heavy atom. The van der Waals surface area contributed by atoms with Crippen molar-refractivity contribution in [1.29, 1.82) is 0 Å². The van der Waals surface area contributed by atoms with Crippen LogP contribution in [0.1, 0.15) is 53.6 Å². The fourth-order valence-electron chi connectivity index (χ4n) is 4.94. The summed E-state index contributed by atoms with van der Waals surface area (Å²) in [7, 11) is 0. The van der Waals surface area contributed by atoms with E-state index in [1.807, 2.05) is 37.3 Å². The molecule has 0 aromatic carbocycles. The van der Waals surface area contributed by atoms with Gasteiger partial charge in [0.25, 0.3) is 5.91 Å². The van der Waals surface area contributed by atoms with Crippen molar-refractivity contribution in [3.63, 3.8) is 0 Å². The van der Waals surface area contributed by atoms with Crippen LogP contribution < -0.4 is 15.5 Å². The maximum absolute atomic E-state index is 13.6. The highest BCUT2D eigenvalue weighted by atomic mass is 16.2. The van der Waals surface area contributed by atoms with Gasteiger partial charge in [-0.05, 0) is 44.4 Å². The van der Waals surface area contributed by atoms with E-state index >= 15 is 0 Å². The first-order valence-electron chi connectivity index (χ1n) is 11.9. The summed E-state index contributed by atoms with van der Waals surface area (Å²) in [6, 6.07) is 7.79. The zero-order valence-electron chi connectivity index (χ0n) is 19.7. The van der Waals surface area contributed by atoms with Crippen molar-refractivity contribution in [3.05, 3.63) is 59.6 Å². The first kappa shape index (κ1) is 22.2. The molecule has 5 rings (SSSR count). The minimum absolute atomic E-state index is 0.0847. The van der Waals surface area contributed by atoms with Gasteiger partial charge in [0.05, 0.1) is 17.8 Å². The molecule has 5 heterocycles. The summed E-state index contributed by atoms with van der Waals surface area (Å²) >= 11 is 0. The highest BCUT2D eigenvalue weighted by molar-refractivity contribution is 6.10. The van der Waals surface area contributed by atoms with Crippen molar-refractivity contribution in [2.24, 2.45) is 5.73 Å². The quantitative estimate of drug-likeness (QED) is 0.542. The Morgan fingerprint density at radius 1 is 1.24 bits per heavy atom.